The Balaban J connectivity index is 2.98. The van der Waals surface area contributed by atoms with E-state index in [1.807, 2.05) is 0 Å². The van der Waals surface area contributed by atoms with Crippen molar-refractivity contribution in [1.82, 2.24) is 0 Å². The van der Waals surface area contributed by atoms with Crippen LogP contribution in [-0.2, 0) is 0 Å². The zero-order valence-electron chi connectivity index (χ0n) is 22.2. The molecule has 0 saturated heterocycles. The molecule has 0 N–H and O–H groups in total. The third-order valence-corrected chi connectivity index (χ3v) is 9.21. The molecule has 0 saturated carbocycles. The summed E-state index contributed by atoms with van der Waals surface area (Å²) in [4.78, 5) is 0. The summed E-state index contributed by atoms with van der Waals surface area (Å²) in [5.41, 5.74) is 0. The molecule has 0 aliphatic rings. The van der Waals surface area contributed by atoms with E-state index in [-0.39, 0.29) is 0 Å². The summed E-state index contributed by atoms with van der Waals surface area (Å²) >= 11 is 0.954. The van der Waals surface area contributed by atoms with Gasteiger partial charge in [-0.05, 0) is 0 Å². The van der Waals surface area contributed by atoms with E-state index in [4.69, 9.17) is 0 Å². The van der Waals surface area contributed by atoms with E-state index in [1.54, 1.807) is 10.6 Å². The molecule has 0 aliphatic heterocycles. The molecule has 0 aromatic heterocycles. The minimum Gasteiger partial charge on any atom is -0.0654 e. The first-order chi connectivity index (χ1) is 15.4. The third kappa shape index (κ3) is 30.5. The summed E-state index contributed by atoms with van der Waals surface area (Å²) in [6.45, 7) is 4.61. The Kier molecular flexibility index (Phi) is 31.0. The normalized spacial score (nSPS) is 11.4. The number of rotatable bonds is 28. The van der Waals surface area contributed by atoms with Crippen LogP contribution in [0.25, 0.3) is 0 Å². The zero-order valence-corrected chi connectivity index (χ0v) is 23.9. The van der Waals surface area contributed by atoms with Gasteiger partial charge in [0.1, 0.15) is 0 Å². The van der Waals surface area contributed by atoms with E-state index in [0.29, 0.717) is 0 Å². The first-order valence-corrected chi connectivity index (χ1v) is 17.4. The van der Waals surface area contributed by atoms with Gasteiger partial charge in [0.25, 0.3) is 0 Å². The average molecular weight is 502 g/mol. The van der Waals surface area contributed by atoms with E-state index >= 15 is 0 Å². The van der Waals surface area contributed by atoms with E-state index in [0.717, 1.165) is 15.0 Å². The van der Waals surface area contributed by atoms with Gasteiger partial charge in [0.2, 0.25) is 0 Å². The van der Waals surface area contributed by atoms with Crippen LogP contribution >= 0.6 is 0 Å². The van der Waals surface area contributed by atoms with Crippen LogP contribution in [0.1, 0.15) is 181 Å². The molecule has 0 heterocycles. The summed E-state index contributed by atoms with van der Waals surface area (Å²) in [7, 11) is 0. The minimum absolute atomic E-state index is 0.954. The van der Waals surface area contributed by atoms with E-state index in [9.17, 15) is 0 Å². The topological polar surface area (TPSA) is 0 Å². The molecule has 0 fully saturated rings. The number of unbranched alkanes of at least 4 members (excludes halogenated alkanes) is 24. The van der Waals surface area contributed by atoms with Gasteiger partial charge in [-0.1, -0.05) is 39.5 Å². The summed E-state index contributed by atoms with van der Waals surface area (Å²) < 4.78 is 0. The molecule has 0 amide bonds. The molecule has 0 radical (unpaired) electrons. The van der Waals surface area contributed by atoms with Crippen molar-refractivity contribution >= 4 is 15.0 Å². The van der Waals surface area contributed by atoms with Gasteiger partial charge in [0.15, 0.2) is 0 Å². The van der Waals surface area contributed by atoms with Crippen LogP contribution in [0.5, 0.6) is 0 Å². The van der Waals surface area contributed by atoms with Gasteiger partial charge in [-0.15, -0.1) is 0 Å². The molecule has 0 aromatic rings. The molecule has 0 bridgehead atoms. The van der Waals surface area contributed by atoms with Crippen LogP contribution in [0.3, 0.4) is 0 Å². The molecule has 0 rings (SSSR count). The molecule has 0 aromatic carbocycles. The van der Waals surface area contributed by atoms with Crippen LogP contribution < -0.4 is 0 Å². The maximum absolute atomic E-state index is 2.31. The first kappa shape index (κ1) is 31.5. The molecular weight excluding hydrogens is 439 g/mol. The molecule has 0 spiro atoms. The molecule has 0 aliphatic carbocycles. The predicted octanol–water partition coefficient (Wildman–Crippen LogP) is 11.7. The van der Waals surface area contributed by atoms with Crippen LogP contribution in [0.4, 0.5) is 0 Å². The average Bonchev–Trinajstić information content (AvgIpc) is 2.78. The second kappa shape index (κ2) is 30.5. The first-order valence-electron chi connectivity index (χ1n) is 15.0. The Morgan fingerprint density at radius 3 is 0.677 bits per heavy atom. The van der Waals surface area contributed by atoms with Gasteiger partial charge < -0.3 is 0 Å². The van der Waals surface area contributed by atoms with E-state index < -0.39 is 0 Å². The van der Waals surface area contributed by atoms with Gasteiger partial charge in [0, 0.05) is 0 Å². The molecule has 0 nitrogen and oxygen atoms in total. The summed E-state index contributed by atoms with van der Waals surface area (Å²) in [5, 5.41) is 3.12. The van der Waals surface area contributed by atoms with E-state index in [1.165, 1.54) is 167 Å². The fourth-order valence-corrected chi connectivity index (χ4v) is 6.69. The van der Waals surface area contributed by atoms with Gasteiger partial charge in [-0.3, -0.25) is 0 Å². The van der Waals surface area contributed by atoms with Crippen LogP contribution in [-0.4, -0.2) is 15.0 Å². The Bertz CT molecular complexity index is 260. The smallest absolute Gasteiger partial charge is 0.0654 e. The van der Waals surface area contributed by atoms with Crippen LogP contribution in [0, 0.1) is 0 Å². The molecule has 188 valence electrons. The zero-order chi connectivity index (χ0) is 22.5. The summed E-state index contributed by atoms with van der Waals surface area (Å²) in [6.07, 6.45) is 38.6. The fourth-order valence-electron chi connectivity index (χ4n) is 4.55. The Hall–Kier alpha value is 0.519. The SMILES string of the molecule is CCCCCCCCCCCCCCC[Se]CCCCCCCCCCCCCCC. The Morgan fingerprint density at radius 2 is 0.452 bits per heavy atom. The van der Waals surface area contributed by atoms with Gasteiger partial charge >= 0.3 is 167 Å². The molecule has 31 heavy (non-hydrogen) atoms. The van der Waals surface area contributed by atoms with Crippen molar-refractivity contribution in [3.8, 4) is 0 Å². The van der Waals surface area contributed by atoms with Crippen molar-refractivity contribution in [1.29, 1.82) is 0 Å². The summed E-state index contributed by atoms with van der Waals surface area (Å²) in [6, 6.07) is 0. The monoisotopic (exact) mass is 502 g/mol. The quantitative estimate of drug-likeness (QED) is 0.0738. The van der Waals surface area contributed by atoms with Gasteiger partial charge in [0.05, 0.1) is 0 Å². The molecule has 0 atom stereocenters. The standard InChI is InChI=1S/C30H62Se/c1-3-5-7-9-11-13-15-17-19-21-23-25-27-29-31-30-28-26-24-22-20-18-16-14-12-10-8-6-4-2/h3-30H2,1-2H3. The number of hydrogen-bond donors (Lipinski definition) is 0. The maximum atomic E-state index is 2.31. The number of hydrogen-bond acceptors (Lipinski definition) is 0. The van der Waals surface area contributed by atoms with Crippen molar-refractivity contribution in [2.75, 3.05) is 0 Å². The second-order valence-electron chi connectivity index (χ2n) is 10.1. The van der Waals surface area contributed by atoms with Crippen molar-refractivity contribution in [3.63, 3.8) is 0 Å². The van der Waals surface area contributed by atoms with Gasteiger partial charge in [-0.25, -0.2) is 0 Å². The second-order valence-corrected chi connectivity index (χ2v) is 12.7. The van der Waals surface area contributed by atoms with Gasteiger partial charge in [-0.2, -0.15) is 0 Å². The molecule has 0 unspecified atom stereocenters. The predicted molar refractivity (Wildman–Crippen MR) is 147 cm³/mol. The van der Waals surface area contributed by atoms with Crippen molar-refractivity contribution < 1.29 is 0 Å². The Labute approximate surface area is 206 Å². The molecule has 1 heteroatoms. The van der Waals surface area contributed by atoms with Crippen molar-refractivity contribution in [3.05, 3.63) is 0 Å². The van der Waals surface area contributed by atoms with Crippen molar-refractivity contribution in [2.24, 2.45) is 0 Å². The molecular formula is C30H62Se. The van der Waals surface area contributed by atoms with Crippen LogP contribution in [0.2, 0.25) is 10.6 Å². The Morgan fingerprint density at radius 1 is 0.258 bits per heavy atom. The van der Waals surface area contributed by atoms with Crippen LogP contribution in [0.15, 0.2) is 0 Å². The summed E-state index contributed by atoms with van der Waals surface area (Å²) in [5.74, 6) is 0. The fraction of sp³-hybridized carbons (Fsp3) is 1.00. The van der Waals surface area contributed by atoms with Crippen molar-refractivity contribution in [2.45, 2.75) is 191 Å². The third-order valence-electron chi connectivity index (χ3n) is 6.78. The van der Waals surface area contributed by atoms with E-state index in [2.05, 4.69) is 13.8 Å². The minimum atomic E-state index is 0.954.